The van der Waals surface area contributed by atoms with Crippen molar-refractivity contribution in [3.05, 3.63) is 35.9 Å². The molecule has 1 heterocycles. The predicted octanol–water partition coefficient (Wildman–Crippen LogP) is 2.18. The van der Waals surface area contributed by atoms with Crippen LogP contribution in [0.25, 0.3) is 0 Å². The summed E-state index contributed by atoms with van der Waals surface area (Å²) in [5.41, 5.74) is 1.46. The Morgan fingerprint density at radius 1 is 1.23 bits per heavy atom. The lowest BCUT2D eigenvalue weighted by Crippen LogP contribution is -2.45. The topological polar surface area (TPSA) is 3.24 Å². The molecule has 1 fully saturated rings. The molecule has 1 saturated heterocycles. The van der Waals surface area contributed by atoms with Gasteiger partial charge < -0.3 is 4.90 Å². The maximum Gasteiger partial charge on any atom is 0.00221 e. The molecule has 0 atom stereocenters. The van der Waals surface area contributed by atoms with Crippen LogP contribution in [0.5, 0.6) is 0 Å². The highest BCUT2D eigenvalue weighted by Crippen LogP contribution is 2.14. The molecule has 0 amide bonds. The maximum absolute atomic E-state index is 2.53. The summed E-state index contributed by atoms with van der Waals surface area (Å²) < 4.78 is 0. The fourth-order valence-corrected chi connectivity index (χ4v) is 1.94. The molecule has 0 aliphatic carbocycles. The average molecular weight is 175 g/mol. The van der Waals surface area contributed by atoms with E-state index in [1.165, 1.54) is 31.6 Å². The van der Waals surface area contributed by atoms with Crippen LogP contribution in [0.15, 0.2) is 30.3 Å². The van der Waals surface area contributed by atoms with Crippen LogP contribution >= 0.6 is 0 Å². The molecule has 1 aromatic carbocycles. The second-order valence-corrected chi connectivity index (χ2v) is 4.10. The lowest BCUT2D eigenvalue weighted by molar-refractivity contribution is 0.115. The van der Waals surface area contributed by atoms with Crippen molar-refractivity contribution >= 4 is 0 Å². The SMILES string of the molecule is CC1CN(CCc2ccccc2)C1. The van der Waals surface area contributed by atoms with Crippen molar-refractivity contribution < 1.29 is 0 Å². The Morgan fingerprint density at radius 2 is 1.92 bits per heavy atom. The van der Waals surface area contributed by atoms with E-state index in [-0.39, 0.29) is 0 Å². The minimum absolute atomic E-state index is 0.927. The number of hydrogen-bond donors (Lipinski definition) is 0. The highest BCUT2D eigenvalue weighted by Gasteiger charge is 2.21. The summed E-state index contributed by atoms with van der Waals surface area (Å²) in [6.07, 6.45) is 1.20. The first-order valence-corrected chi connectivity index (χ1v) is 5.11. The van der Waals surface area contributed by atoms with Crippen LogP contribution in [0.2, 0.25) is 0 Å². The number of benzene rings is 1. The third-order valence-corrected chi connectivity index (χ3v) is 2.70. The summed E-state index contributed by atoms with van der Waals surface area (Å²) >= 11 is 0. The molecule has 1 aromatic rings. The molecule has 1 nitrogen and oxygen atoms in total. The average Bonchev–Trinajstić information content (AvgIpc) is 2.12. The summed E-state index contributed by atoms with van der Waals surface area (Å²) in [5, 5.41) is 0. The number of nitrogens with zero attached hydrogens (tertiary/aromatic N) is 1. The highest BCUT2D eigenvalue weighted by atomic mass is 15.2. The van der Waals surface area contributed by atoms with Crippen LogP contribution < -0.4 is 0 Å². The zero-order valence-corrected chi connectivity index (χ0v) is 8.24. The normalized spacial score (nSPS) is 18.5. The van der Waals surface area contributed by atoms with Crippen LogP contribution in [0.3, 0.4) is 0 Å². The fourth-order valence-electron chi connectivity index (χ4n) is 1.94. The van der Waals surface area contributed by atoms with Crippen LogP contribution in [-0.2, 0) is 6.42 Å². The first-order valence-electron chi connectivity index (χ1n) is 5.11. The van der Waals surface area contributed by atoms with Crippen LogP contribution in [0, 0.1) is 5.92 Å². The van der Waals surface area contributed by atoms with Gasteiger partial charge in [-0.3, -0.25) is 0 Å². The van der Waals surface area contributed by atoms with Crippen molar-refractivity contribution in [1.82, 2.24) is 4.90 Å². The van der Waals surface area contributed by atoms with Gasteiger partial charge in [0.15, 0.2) is 0 Å². The largest absolute Gasteiger partial charge is 0.302 e. The van der Waals surface area contributed by atoms with Gasteiger partial charge in [0, 0.05) is 19.6 Å². The van der Waals surface area contributed by atoms with E-state index in [0.717, 1.165) is 5.92 Å². The Bertz CT molecular complexity index is 249. The zero-order valence-electron chi connectivity index (χ0n) is 8.24. The molecule has 0 spiro atoms. The Balaban J connectivity index is 1.74. The van der Waals surface area contributed by atoms with Gasteiger partial charge in [0.25, 0.3) is 0 Å². The lowest BCUT2D eigenvalue weighted by atomic mass is 10.0. The molecule has 1 aliphatic rings. The summed E-state index contributed by atoms with van der Waals surface area (Å²) in [6.45, 7) is 6.15. The van der Waals surface area contributed by atoms with E-state index >= 15 is 0 Å². The summed E-state index contributed by atoms with van der Waals surface area (Å²) in [7, 11) is 0. The van der Waals surface area contributed by atoms with E-state index in [1.54, 1.807) is 0 Å². The Hall–Kier alpha value is -0.820. The zero-order chi connectivity index (χ0) is 9.10. The fraction of sp³-hybridized carbons (Fsp3) is 0.500. The van der Waals surface area contributed by atoms with Crippen LogP contribution in [-0.4, -0.2) is 24.5 Å². The Labute approximate surface area is 80.4 Å². The van der Waals surface area contributed by atoms with Gasteiger partial charge in [-0.15, -0.1) is 0 Å². The van der Waals surface area contributed by atoms with E-state index in [1.807, 2.05) is 0 Å². The third-order valence-electron chi connectivity index (χ3n) is 2.70. The molecule has 70 valence electrons. The molecule has 0 saturated carbocycles. The van der Waals surface area contributed by atoms with Crippen molar-refractivity contribution in [1.29, 1.82) is 0 Å². The summed E-state index contributed by atoms with van der Waals surface area (Å²) in [5.74, 6) is 0.927. The van der Waals surface area contributed by atoms with Crippen molar-refractivity contribution in [3.63, 3.8) is 0 Å². The smallest absolute Gasteiger partial charge is 0.00221 e. The van der Waals surface area contributed by atoms with E-state index in [2.05, 4.69) is 42.2 Å². The van der Waals surface area contributed by atoms with Crippen molar-refractivity contribution in [2.75, 3.05) is 19.6 Å². The second-order valence-electron chi connectivity index (χ2n) is 4.10. The van der Waals surface area contributed by atoms with Gasteiger partial charge in [-0.2, -0.15) is 0 Å². The molecule has 0 aromatic heterocycles. The Kier molecular flexibility index (Phi) is 2.65. The molecule has 0 radical (unpaired) electrons. The van der Waals surface area contributed by atoms with Gasteiger partial charge in [-0.1, -0.05) is 37.3 Å². The maximum atomic E-state index is 2.53. The first kappa shape index (κ1) is 8.76. The van der Waals surface area contributed by atoms with E-state index in [0.29, 0.717) is 0 Å². The standard InChI is InChI=1S/C12H17N/c1-11-9-13(10-11)8-7-12-5-3-2-4-6-12/h2-6,11H,7-10H2,1H3. The minimum Gasteiger partial charge on any atom is -0.302 e. The van der Waals surface area contributed by atoms with Crippen LogP contribution in [0.1, 0.15) is 12.5 Å². The van der Waals surface area contributed by atoms with Gasteiger partial charge in [-0.05, 0) is 17.9 Å². The molecule has 1 aliphatic heterocycles. The first-order chi connectivity index (χ1) is 6.34. The van der Waals surface area contributed by atoms with Crippen molar-refractivity contribution in [2.24, 2.45) is 5.92 Å². The second kappa shape index (κ2) is 3.93. The number of rotatable bonds is 3. The van der Waals surface area contributed by atoms with Gasteiger partial charge >= 0.3 is 0 Å². The van der Waals surface area contributed by atoms with E-state index < -0.39 is 0 Å². The van der Waals surface area contributed by atoms with E-state index in [9.17, 15) is 0 Å². The molecule has 13 heavy (non-hydrogen) atoms. The lowest BCUT2D eigenvalue weighted by Gasteiger charge is -2.37. The molecule has 0 unspecified atom stereocenters. The highest BCUT2D eigenvalue weighted by molar-refractivity contribution is 5.14. The quantitative estimate of drug-likeness (QED) is 0.680. The molecule has 2 rings (SSSR count). The monoisotopic (exact) mass is 175 g/mol. The van der Waals surface area contributed by atoms with Gasteiger partial charge in [0.1, 0.15) is 0 Å². The van der Waals surface area contributed by atoms with Gasteiger partial charge in [-0.25, -0.2) is 0 Å². The van der Waals surface area contributed by atoms with Crippen molar-refractivity contribution in [2.45, 2.75) is 13.3 Å². The van der Waals surface area contributed by atoms with Crippen LogP contribution in [0.4, 0.5) is 0 Å². The number of likely N-dealkylation sites (tertiary alicyclic amines) is 1. The molecule has 0 N–H and O–H groups in total. The van der Waals surface area contributed by atoms with Gasteiger partial charge in [0.2, 0.25) is 0 Å². The molecule has 1 heteroatoms. The molecular weight excluding hydrogens is 158 g/mol. The third kappa shape index (κ3) is 2.31. The number of hydrogen-bond acceptors (Lipinski definition) is 1. The van der Waals surface area contributed by atoms with Crippen molar-refractivity contribution in [3.8, 4) is 0 Å². The predicted molar refractivity (Wildman–Crippen MR) is 55.8 cm³/mol. The summed E-state index contributed by atoms with van der Waals surface area (Å²) in [4.78, 5) is 2.53. The molecule has 0 bridgehead atoms. The summed E-state index contributed by atoms with van der Waals surface area (Å²) in [6, 6.07) is 10.7. The van der Waals surface area contributed by atoms with E-state index in [4.69, 9.17) is 0 Å². The Morgan fingerprint density at radius 3 is 2.54 bits per heavy atom. The molecular formula is C12H17N. The minimum atomic E-state index is 0.927. The van der Waals surface area contributed by atoms with Gasteiger partial charge in [0.05, 0.1) is 0 Å².